The number of carboxylic acids is 1. The molecule has 1 heterocycles. The van der Waals surface area contributed by atoms with Gasteiger partial charge in [0, 0.05) is 19.4 Å². The van der Waals surface area contributed by atoms with Gasteiger partial charge < -0.3 is 20.5 Å². The molecule has 3 atom stereocenters. The Morgan fingerprint density at radius 3 is 2.71 bits per heavy atom. The summed E-state index contributed by atoms with van der Waals surface area (Å²) in [6.45, 7) is 1.98. The molecule has 17 heavy (non-hydrogen) atoms. The summed E-state index contributed by atoms with van der Waals surface area (Å²) in [4.78, 5) is 24.6. The Balaban J connectivity index is 2.88. The summed E-state index contributed by atoms with van der Waals surface area (Å²) < 4.78 is 4.98. The lowest BCUT2D eigenvalue weighted by atomic mass is 10.2. The van der Waals surface area contributed by atoms with Crippen LogP contribution in [0.25, 0.3) is 0 Å². The molecule has 7 heteroatoms. The molecule has 1 rings (SSSR count). The van der Waals surface area contributed by atoms with Gasteiger partial charge in [0.25, 0.3) is 5.91 Å². The number of carbonyl (C=O) groups excluding carboxylic acids is 1. The smallest absolute Gasteiger partial charge is 0.327 e. The van der Waals surface area contributed by atoms with Crippen LogP contribution in [0.5, 0.6) is 0 Å². The number of hydrogen-bond donors (Lipinski definition) is 2. The van der Waals surface area contributed by atoms with Crippen LogP contribution in [0, 0.1) is 0 Å². The van der Waals surface area contributed by atoms with Gasteiger partial charge in [-0.3, -0.25) is 4.79 Å². The Labute approximate surface area is 104 Å². The Morgan fingerprint density at radius 2 is 2.29 bits per heavy atom. The second-order valence-corrected chi connectivity index (χ2v) is 4.97. The molecule has 6 nitrogen and oxygen atoms in total. The van der Waals surface area contributed by atoms with Crippen molar-refractivity contribution in [3.05, 3.63) is 0 Å². The average molecular weight is 262 g/mol. The maximum Gasteiger partial charge on any atom is 0.327 e. The Hall–Kier alpha value is -0.790. The monoisotopic (exact) mass is 262 g/mol. The molecule has 0 aromatic heterocycles. The van der Waals surface area contributed by atoms with Crippen molar-refractivity contribution in [3.8, 4) is 0 Å². The highest BCUT2D eigenvalue weighted by Gasteiger charge is 2.42. The minimum atomic E-state index is -0.978. The van der Waals surface area contributed by atoms with Crippen molar-refractivity contribution < 1.29 is 19.4 Å². The molecule has 3 unspecified atom stereocenters. The number of ether oxygens (including phenoxy) is 1. The number of carbonyl (C=O) groups is 2. The van der Waals surface area contributed by atoms with E-state index in [-0.39, 0.29) is 17.8 Å². The second-order valence-electron chi connectivity index (χ2n) is 3.76. The topological polar surface area (TPSA) is 92.9 Å². The predicted molar refractivity (Wildman–Crippen MR) is 64.7 cm³/mol. The van der Waals surface area contributed by atoms with Crippen LogP contribution in [-0.2, 0) is 14.3 Å². The molecule has 3 N–H and O–H groups in total. The van der Waals surface area contributed by atoms with E-state index in [4.69, 9.17) is 15.6 Å². The van der Waals surface area contributed by atoms with Crippen LogP contribution >= 0.6 is 11.8 Å². The van der Waals surface area contributed by atoms with Crippen LogP contribution in [0.2, 0.25) is 0 Å². The fraction of sp³-hybridized carbons (Fsp3) is 0.800. The van der Waals surface area contributed by atoms with Crippen molar-refractivity contribution in [1.82, 2.24) is 4.90 Å². The first-order valence-corrected chi connectivity index (χ1v) is 6.51. The fourth-order valence-corrected chi connectivity index (χ4v) is 3.18. The lowest BCUT2D eigenvalue weighted by molar-refractivity contribution is -0.153. The van der Waals surface area contributed by atoms with Crippen molar-refractivity contribution in [3.63, 3.8) is 0 Å². The molecule has 0 aliphatic carbocycles. The third kappa shape index (κ3) is 2.91. The van der Waals surface area contributed by atoms with E-state index in [1.54, 1.807) is 0 Å². The second kappa shape index (κ2) is 6.23. The molecule has 0 bridgehead atoms. The third-order valence-corrected chi connectivity index (χ3v) is 4.21. The molecule has 1 aliphatic rings. The van der Waals surface area contributed by atoms with Crippen LogP contribution in [0.3, 0.4) is 0 Å². The van der Waals surface area contributed by atoms with Gasteiger partial charge in [0.2, 0.25) is 0 Å². The van der Waals surface area contributed by atoms with Crippen molar-refractivity contribution >= 4 is 23.6 Å². The third-order valence-electron chi connectivity index (χ3n) is 2.76. The summed E-state index contributed by atoms with van der Waals surface area (Å²) in [6, 6.07) is -0.776. The summed E-state index contributed by atoms with van der Waals surface area (Å²) >= 11 is 1.48. The average Bonchev–Trinajstić information content (AvgIpc) is 2.73. The number of aliphatic carboxylic acids is 1. The van der Waals surface area contributed by atoms with Gasteiger partial charge in [-0.05, 0) is 6.42 Å². The molecule has 1 amide bonds. The summed E-state index contributed by atoms with van der Waals surface area (Å²) in [5.41, 5.74) is 5.43. The van der Waals surface area contributed by atoms with E-state index in [0.717, 1.165) is 0 Å². The highest BCUT2D eigenvalue weighted by molar-refractivity contribution is 8.00. The maximum atomic E-state index is 12.1. The molecular formula is C10H18N2O4S. The number of rotatable bonds is 5. The summed E-state index contributed by atoms with van der Waals surface area (Å²) in [7, 11) is 1.40. The van der Waals surface area contributed by atoms with E-state index in [1.165, 1.54) is 23.8 Å². The van der Waals surface area contributed by atoms with Crippen LogP contribution < -0.4 is 5.73 Å². The first-order chi connectivity index (χ1) is 8.06. The number of thioether (sulfide) groups is 1. The standard InChI is InChI=1S/C10H18N2O4S/c1-3-8-12(6(5-17-8)10(14)15)9(13)7(4-11)16-2/h6-8H,3-5,11H2,1-2H3,(H,14,15). The number of methoxy groups -OCH3 is 1. The van der Waals surface area contributed by atoms with Crippen molar-refractivity contribution in [2.24, 2.45) is 5.73 Å². The zero-order chi connectivity index (χ0) is 13.0. The lowest BCUT2D eigenvalue weighted by Gasteiger charge is -2.29. The first-order valence-electron chi connectivity index (χ1n) is 5.46. The van der Waals surface area contributed by atoms with Gasteiger partial charge in [-0.15, -0.1) is 11.8 Å². The number of nitrogens with zero attached hydrogens (tertiary/aromatic N) is 1. The number of nitrogens with two attached hydrogens (primary N) is 1. The SMILES string of the molecule is CCC1SCC(C(=O)O)N1C(=O)C(CN)OC. The normalized spacial score (nSPS) is 25.9. The van der Waals surface area contributed by atoms with Crippen molar-refractivity contribution in [2.75, 3.05) is 19.4 Å². The van der Waals surface area contributed by atoms with E-state index < -0.39 is 18.1 Å². The Bertz CT molecular complexity index is 296. The maximum absolute atomic E-state index is 12.1. The molecule has 0 aromatic rings. The fourth-order valence-electron chi connectivity index (χ4n) is 1.83. The minimum Gasteiger partial charge on any atom is -0.480 e. The number of hydrogen-bond acceptors (Lipinski definition) is 5. The summed E-state index contributed by atoms with van der Waals surface area (Å²) in [5.74, 6) is -0.895. The Morgan fingerprint density at radius 1 is 1.65 bits per heavy atom. The molecule has 0 aromatic carbocycles. The largest absolute Gasteiger partial charge is 0.480 e. The van der Waals surface area contributed by atoms with E-state index in [1.807, 2.05) is 6.92 Å². The number of carboxylic acid groups (broad SMARTS) is 1. The van der Waals surface area contributed by atoms with Crippen LogP contribution in [0.15, 0.2) is 0 Å². The predicted octanol–water partition coefficient (Wildman–Crippen LogP) is -0.275. The van der Waals surface area contributed by atoms with E-state index in [9.17, 15) is 9.59 Å². The van der Waals surface area contributed by atoms with Gasteiger partial charge in [-0.1, -0.05) is 6.92 Å². The quantitative estimate of drug-likeness (QED) is 0.708. The number of amides is 1. The molecule has 1 aliphatic heterocycles. The van der Waals surface area contributed by atoms with Gasteiger partial charge in [-0.2, -0.15) is 0 Å². The highest BCUT2D eigenvalue weighted by Crippen LogP contribution is 2.32. The lowest BCUT2D eigenvalue weighted by Crippen LogP contribution is -2.51. The molecular weight excluding hydrogens is 244 g/mol. The molecule has 1 fully saturated rings. The minimum absolute atomic E-state index is 0.0548. The highest BCUT2D eigenvalue weighted by atomic mass is 32.2. The van der Waals surface area contributed by atoms with Crippen LogP contribution in [0.4, 0.5) is 0 Å². The van der Waals surface area contributed by atoms with Crippen molar-refractivity contribution in [2.45, 2.75) is 30.9 Å². The van der Waals surface area contributed by atoms with Gasteiger partial charge in [0.1, 0.15) is 12.1 Å². The molecule has 0 saturated carbocycles. The van der Waals surface area contributed by atoms with Crippen LogP contribution in [0.1, 0.15) is 13.3 Å². The van der Waals surface area contributed by atoms with Crippen molar-refractivity contribution in [1.29, 1.82) is 0 Å². The van der Waals surface area contributed by atoms with Gasteiger partial charge in [0.15, 0.2) is 0 Å². The molecule has 0 radical (unpaired) electrons. The first kappa shape index (κ1) is 14.3. The Kier molecular flexibility index (Phi) is 5.23. The summed E-state index contributed by atoms with van der Waals surface area (Å²) in [5, 5.41) is 8.99. The van der Waals surface area contributed by atoms with Gasteiger partial charge in [-0.25, -0.2) is 4.79 Å². The summed E-state index contributed by atoms with van der Waals surface area (Å²) in [6.07, 6.45) is -0.0501. The molecule has 98 valence electrons. The molecule has 1 saturated heterocycles. The van der Waals surface area contributed by atoms with E-state index >= 15 is 0 Å². The van der Waals surface area contributed by atoms with E-state index in [0.29, 0.717) is 12.2 Å². The van der Waals surface area contributed by atoms with E-state index in [2.05, 4.69) is 0 Å². The zero-order valence-electron chi connectivity index (χ0n) is 9.96. The molecule has 0 spiro atoms. The van der Waals surface area contributed by atoms with Gasteiger partial charge >= 0.3 is 5.97 Å². The van der Waals surface area contributed by atoms with Crippen LogP contribution in [-0.4, -0.2) is 58.8 Å². The zero-order valence-corrected chi connectivity index (χ0v) is 10.8. The van der Waals surface area contributed by atoms with Gasteiger partial charge in [0.05, 0.1) is 5.37 Å².